The summed E-state index contributed by atoms with van der Waals surface area (Å²) in [4.78, 5) is 10.5. The van der Waals surface area contributed by atoms with Crippen molar-refractivity contribution in [3.63, 3.8) is 0 Å². The molecule has 5 heteroatoms. The van der Waals surface area contributed by atoms with Gasteiger partial charge in [-0.2, -0.15) is 0 Å². The Kier molecular flexibility index (Phi) is 5.02. The highest BCUT2D eigenvalue weighted by Crippen LogP contribution is 2.25. The summed E-state index contributed by atoms with van der Waals surface area (Å²) in [6.45, 7) is 2.05. The molecule has 0 saturated carbocycles. The van der Waals surface area contributed by atoms with E-state index in [1.807, 2.05) is 18.2 Å². The Morgan fingerprint density at radius 3 is 2.81 bits per heavy atom. The summed E-state index contributed by atoms with van der Waals surface area (Å²) in [5.41, 5.74) is 1.25. The van der Waals surface area contributed by atoms with E-state index in [4.69, 9.17) is 5.11 Å². The molecule has 0 aliphatic rings. The van der Waals surface area contributed by atoms with Gasteiger partial charge in [-0.05, 0) is 41.1 Å². The third kappa shape index (κ3) is 3.98. The highest BCUT2D eigenvalue weighted by atomic mass is 79.9. The van der Waals surface area contributed by atoms with Crippen LogP contribution in [-0.2, 0) is 4.79 Å². The highest BCUT2D eigenvalue weighted by molar-refractivity contribution is 9.11. The lowest BCUT2D eigenvalue weighted by Crippen LogP contribution is -2.03. The SMILES string of the molecule is C/C(=C/CNc1cc(Br)ccc1Br)C(=O)O. The maximum Gasteiger partial charge on any atom is 0.331 e. The number of halogens is 2. The van der Waals surface area contributed by atoms with Crippen LogP contribution in [0.3, 0.4) is 0 Å². The fourth-order valence-corrected chi connectivity index (χ4v) is 1.78. The number of hydrogen-bond acceptors (Lipinski definition) is 2. The number of hydrogen-bond donors (Lipinski definition) is 2. The fraction of sp³-hybridized carbons (Fsp3) is 0.182. The van der Waals surface area contributed by atoms with Crippen LogP contribution in [0, 0.1) is 0 Å². The molecule has 1 aromatic carbocycles. The van der Waals surface area contributed by atoms with Gasteiger partial charge in [0, 0.05) is 26.8 Å². The van der Waals surface area contributed by atoms with E-state index in [0.717, 1.165) is 14.6 Å². The van der Waals surface area contributed by atoms with Gasteiger partial charge < -0.3 is 10.4 Å². The lowest BCUT2D eigenvalue weighted by atomic mass is 10.3. The van der Waals surface area contributed by atoms with E-state index in [9.17, 15) is 4.79 Å². The molecule has 0 atom stereocenters. The Labute approximate surface area is 111 Å². The second-order valence-corrected chi connectivity index (χ2v) is 4.97. The molecule has 0 aromatic heterocycles. The largest absolute Gasteiger partial charge is 0.478 e. The fourth-order valence-electron chi connectivity index (χ4n) is 1.03. The molecule has 3 nitrogen and oxygen atoms in total. The number of rotatable bonds is 4. The van der Waals surface area contributed by atoms with Gasteiger partial charge >= 0.3 is 5.97 Å². The van der Waals surface area contributed by atoms with Gasteiger partial charge in [-0.3, -0.25) is 0 Å². The number of benzene rings is 1. The third-order valence-corrected chi connectivity index (χ3v) is 3.15. The van der Waals surface area contributed by atoms with Crippen molar-refractivity contribution in [3.05, 3.63) is 38.8 Å². The Morgan fingerprint density at radius 1 is 1.50 bits per heavy atom. The molecule has 1 aromatic rings. The van der Waals surface area contributed by atoms with Crippen molar-refractivity contribution in [2.45, 2.75) is 6.92 Å². The zero-order valence-electron chi connectivity index (χ0n) is 8.63. The summed E-state index contributed by atoms with van der Waals surface area (Å²) >= 11 is 6.78. The third-order valence-electron chi connectivity index (χ3n) is 1.97. The average Bonchev–Trinajstić information content (AvgIpc) is 2.22. The lowest BCUT2D eigenvalue weighted by Gasteiger charge is -2.06. The Morgan fingerprint density at radius 2 is 2.19 bits per heavy atom. The minimum atomic E-state index is -0.893. The van der Waals surface area contributed by atoms with Crippen LogP contribution in [0.15, 0.2) is 38.8 Å². The van der Waals surface area contributed by atoms with E-state index in [0.29, 0.717) is 12.1 Å². The smallest absolute Gasteiger partial charge is 0.331 e. The Bertz CT molecular complexity index is 430. The van der Waals surface area contributed by atoms with Crippen molar-refractivity contribution < 1.29 is 9.90 Å². The molecule has 2 N–H and O–H groups in total. The minimum absolute atomic E-state index is 0.332. The van der Waals surface area contributed by atoms with Crippen molar-refractivity contribution in [1.82, 2.24) is 0 Å². The predicted octanol–water partition coefficient (Wildman–Crippen LogP) is 3.65. The van der Waals surface area contributed by atoms with Gasteiger partial charge in [-0.1, -0.05) is 22.0 Å². The molecule has 16 heavy (non-hydrogen) atoms. The van der Waals surface area contributed by atoms with Crippen LogP contribution in [0.1, 0.15) is 6.92 Å². The number of carbonyl (C=O) groups is 1. The molecule has 0 fully saturated rings. The molecule has 0 aliphatic heterocycles. The minimum Gasteiger partial charge on any atom is -0.478 e. The molecular weight excluding hydrogens is 338 g/mol. The van der Waals surface area contributed by atoms with Gasteiger partial charge in [0.25, 0.3) is 0 Å². The van der Waals surface area contributed by atoms with Crippen molar-refractivity contribution in [2.24, 2.45) is 0 Å². The molecule has 86 valence electrons. The first kappa shape index (κ1) is 13.3. The van der Waals surface area contributed by atoms with E-state index in [1.165, 1.54) is 0 Å². The monoisotopic (exact) mass is 347 g/mol. The molecule has 0 aliphatic carbocycles. The second-order valence-electron chi connectivity index (χ2n) is 3.20. The van der Waals surface area contributed by atoms with E-state index in [2.05, 4.69) is 37.2 Å². The van der Waals surface area contributed by atoms with E-state index >= 15 is 0 Å². The summed E-state index contributed by atoms with van der Waals surface area (Å²) in [5.74, 6) is -0.893. The number of carboxylic acids is 1. The first-order valence-electron chi connectivity index (χ1n) is 4.59. The predicted molar refractivity (Wildman–Crippen MR) is 71.7 cm³/mol. The van der Waals surface area contributed by atoms with Crippen LogP contribution in [0.2, 0.25) is 0 Å². The average molecular weight is 349 g/mol. The summed E-state index contributed by atoms with van der Waals surface area (Å²) in [7, 11) is 0. The van der Waals surface area contributed by atoms with Gasteiger partial charge in [0.05, 0.1) is 0 Å². The summed E-state index contributed by atoms with van der Waals surface area (Å²) in [5, 5.41) is 11.8. The van der Waals surface area contributed by atoms with Crippen LogP contribution < -0.4 is 5.32 Å². The van der Waals surface area contributed by atoms with Gasteiger partial charge in [-0.25, -0.2) is 4.79 Å². The molecule has 0 unspecified atom stereocenters. The molecule has 0 radical (unpaired) electrons. The van der Waals surface area contributed by atoms with Crippen LogP contribution >= 0.6 is 31.9 Å². The zero-order chi connectivity index (χ0) is 12.1. The number of nitrogens with one attached hydrogen (secondary N) is 1. The molecule has 0 saturated heterocycles. The first-order valence-corrected chi connectivity index (χ1v) is 6.18. The van der Waals surface area contributed by atoms with E-state index in [-0.39, 0.29) is 0 Å². The van der Waals surface area contributed by atoms with Crippen molar-refractivity contribution in [1.29, 1.82) is 0 Å². The van der Waals surface area contributed by atoms with Crippen molar-refractivity contribution >= 4 is 43.5 Å². The van der Waals surface area contributed by atoms with Crippen LogP contribution in [0.5, 0.6) is 0 Å². The second kappa shape index (κ2) is 6.06. The quantitative estimate of drug-likeness (QED) is 0.816. The molecular formula is C11H11Br2NO2. The lowest BCUT2D eigenvalue weighted by molar-refractivity contribution is -0.132. The van der Waals surface area contributed by atoms with E-state index in [1.54, 1.807) is 13.0 Å². The molecule has 1 rings (SSSR count). The van der Waals surface area contributed by atoms with Crippen molar-refractivity contribution in [2.75, 3.05) is 11.9 Å². The standard InChI is InChI=1S/C11H11Br2NO2/c1-7(11(15)16)4-5-14-10-6-8(12)2-3-9(10)13/h2-4,6,14H,5H2,1H3,(H,15,16)/b7-4-. The van der Waals surface area contributed by atoms with Crippen LogP contribution in [0.25, 0.3) is 0 Å². The summed E-state index contributed by atoms with van der Waals surface area (Å²) in [6, 6.07) is 5.77. The molecule has 0 bridgehead atoms. The number of carboxylic acid groups (broad SMARTS) is 1. The zero-order valence-corrected chi connectivity index (χ0v) is 11.8. The Hall–Kier alpha value is -0.810. The number of anilines is 1. The van der Waals surface area contributed by atoms with Gasteiger partial charge in [-0.15, -0.1) is 0 Å². The first-order chi connectivity index (χ1) is 7.50. The normalized spacial score (nSPS) is 11.3. The van der Waals surface area contributed by atoms with E-state index < -0.39 is 5.97 Å². The molecule has 0 spiro atoms. The van der Waals surface area contributed by atoms with Crippen LogP contribution in [0.4, 0.5) is 5.69 Å². The number of aliphatic carboxylic acids is 1. The maximum absolute atomic E-state index is 10.5. The van der Waals surface area contributed by atoms with Gasteiger partial charge in [0.15, 0.2) is 0 Å². The Balaban J connectivity index is 2.65. The molecule has 0 heterocycles. The van der Waals surface area contributed by atoms with Crippen LogP contribution in [-0.4, -0.2) is 17.6 Å². The van der Waals surface area contributed by atoms with Crippen molar-refractivity contribution in [3.8, 4) is 0 Å². The summed E-state index contributed by atoms with van der Waals surface area (Å²) < 4.78 is 1.91. The maximum atomic E-state index is 10.5. The highest BCUT2D eigenvalue weighted by Gasteiger charge is 2.00. The molecule has 0 amide bonds. The van der Waals surface area contributed by atoms with Gasteiger partial charge in [0.2, 0.25) is 0 Å². The topological polar surface area (TPSA) is 49.3 Å². The summed E-state index contributed by atoms with van der Waals surface area (Å²) in [6.07, 6.45) is 1.63. The van der Waals surface area contributed by atoms with Gasteiger partial charge in [0.1, 0.15) is 0 Å².